The van der Waals surface area contributed by atoms with Crippen molar-refractivity contribution in [2.75, 3.05) is 25.5 Å². The van der Waals surface area contributed by atoms with Gasteiger partial charge in [-0.2, -0.15) is 0 Å². The maximum atomic E-state index is 11.4. The number of nitrogens with zero attached hydrogens (tertiary/aromatic N) is 2. The minimum Gasteiger partial charge on any atom is -0.478 e. The topological polar surface area (TPSA) is 65.5 Å². The number of carboxylic acids is 1. The van der Waals surface area contributed by atoms with Gasteiger partial charge in [-0.3, -0.25) is 9.88 Å². The molecule has 0 amide bonds. The molecular formula is C23H23N3O2S. The van der Waals surface area contributed by atoms with Crippen molar-refractivity contribution in [3.8, 4) is 0 Å². The number of nitrogens with one attached hydrogen (secondary N) is 1. The predicted octanol–water partition coefficient (Wildman–Crippen LogP) is 4.57. The lowest BCUT2D eigenvalue weighted by molar-refractivity contribution is 0.0697. The molecule has 0 aliphatic carbocycles. The van der Waals surface area contributed by atoms with Gasteiger partial charge in [-0.05, 0) is 54.9 Å². The van der Waals surface area contributed by atoms with Crippen molar-refractivity contribution < 1.29 is 9.90 Å². The summed E-state index contributed by atoms with van der Waals surface area (Å²) in [5.41, 5.74) is 3.45. The van der Waals surface area contributed by atoms with E-state index >= 15 is 0 Å². The number of benzene rings is 2. The van der Waals surface area contributed by atoms with Crippen molar-refractivity contribution >= 4 is 23.4 Å². The van der Waals surface area contributed by atoms with Gasteiger partial charge in [0.25, 0.3) is 0 Å². The third kappa shape index (κ3) is 4.44. The normalized spacial score (nSPS) is 16.2. The minimum absolute atomic E-state index is 0.177. The van der Waals surface area contributed by atoms with Crippen LogP contribution in [0.2, 0.25) is 0 Å². The van der Waals surface area contributed by atoms with E-state index < -0.39 is 5.97 Å². The lowest BCUT2D eigenvalue weighted by Gasteiger charge is -2.35. The number of fused-ring (bicyclic) bond motifs is 1. The summed E-state index contributed by atoms with van der Waals surface area (Å²) in [6, 6.07) is 18.8. The molecule has 2 heterocycles. The summed E-state index contributed by atoms with van der Waals surface area (Å²) >= 11 is 1.78. The van der Waals surface area contributed by atoms with Gasteiger partial charge in [0.2, 0.25) is 0 Å². The average Bonchev–Trinajstić information content (AvgIpc) is 2.74. The number of rotatable bonds is 6. The van der Waals surface area contributed by atoms with E-state index in [0.717, 1.165) is 13.0 Å². The number of aromatic carboxylic acids is 1. The molecule has 0 fully saturated rings. The summed E-state index contributed by atoms with van der Waals surface area (Å²) in [6.07, 6.45) is 4.09. The fourth-order valence-electron chi connectivity index (χ4n) is 3.70. The van der Waals surface area contributed by atoms with Crippen LogP contribution in [0.3, 0.4) is 0 Å². The Hall–Kier alpha value is -2.83. The Morgan fingerprint density at radius 1 is 1.21 bits per heavy atom. The zero-order valence-electron chi connectivity index (χ0n) is 16.2. The number of carboxylic acid groups (broad SMARTS) is 1. The van der Waals surface area contributed by atoms with E-state index in [-0.39, 0.29) is 11.6 Å². The molecule has 1 aromatic heterocycles. The van der Waals surface area contributed by atoms with Gasteiger partial charge in [-0.1, -0.05) is 36.0 Å². The molecule has 0 bridgehead atoms. The van der Waals surface area contributed by atoms with E-state index in [1.54, 1.807) is 18.0 Å². The van der Waals surface area contributed by atoms with Crippen LogP contribution in [0.4, 0.5) is 5.69 Å². The molecule has 3 aromatic rings. The highest BCUT2D eigenvalue weighted by atomic mass is 32.2. The van der Waals surface area contributed by atoms with Crippen LogP contribution in [0.1, 0.15) is 27.5 Å². The van der Waals surface area contributed by atoms with Crippen molar-refractivity contribution in [1.82, 2.24) is 9.88 Å². The van der Waals surface area contributed by atoms with Gasteiger partial charge < -0.3 is 10.4 Å². The fourth-order valence-corrected chi connectivity index (χ4v) is 4.60. The van der Waals surface area contributed by atoms with Crippen molar-refractivity contribution in [2.24, 2.45) is 0 Å². The summed E-state index contributed by atoms with van der Waals surface area (Å²) in [5.74, 6) is -0.949. The molecule has 1 aliphatic heterocycles. The second-order valence-corrected chi connectivity index (χ2v) is 8.28. The molecule has 0 radical (unpaired) electrons. The number of aromatic nitrogens is 1. The molecule has 1 aliphatic rings. The van der Waals surface area contributed by atoms with E-state index in [0.29, 0.717) is 12.2 Å². The Morgan fingerprint density at radius 2 is 2.03 bits per heavy atom. The van der Waals surface area contributed by atoms with Crippen molar-refractivity contribution in [2.45, 2.75) is 22.3 Å². The summed E-state index contributed by atoms with van der Waals surface area (Å²) in [5, 5.41) is 12.7. The molecule has 6 heteroatoms. The summed E-state index contributed by atoms with van der Waals surface area (Å²) < 4.78 is 0. The summed E-state index contributed by atoms with van der Waals surface area (Å²) in [6.45, 7) is 1.60. The van der Waals surface area contributed by atoms with Crippen LogP contribution in [0.5, 0.6) is 0 Å². The number of hydrogen-bond donors (Lipinski definition) is 2. The second kappa shape index (κ2) is 8.68. The van der Waals surface area contributed by atoms with Crippen LogP contribution < -0.4 is 5.32 Å². The monoisotopic (exact) mass is 405 g/mol. The van der Waals surface area contributed by atoms with Crippen molar-refractivity contribution in [3.05, 3.63) is 83.7 Å². The Bertz CT molecular complexity index is 1010. The third-order valence-corrected chi connectivity index (χ3v) is 6.25. The number of likely N-dealkylation sites (N-methyl/N-ethyl adjacent to an activating group) is 1. The van der Waals surface area contributed by atoms with Crippen LogP contribution >= 0.6 is 11.8 Å². The molecule has 0 saturated heterocycles. The lowest BCUT2D eigenvalue weighted by Crippen LogP contribution is -2.36. The Morgan fingerprint density at radius 3 is 2.83 bits per heavy atom. The molecule has 0 spiro atoms. The lowest BCUT2D eigenvalue weighted by atomic mass is 9.93. The van der Waals surface area contributed by atoms with Crippen LogP contribution in [0, 0.1) is 0 Å². The molecule has 4 rings (SSSR count). The van der Waals surface area contributed by atoms with Crippen LogP contribution in [0.25, 0.3) is 0 Å². The van der Waals surface area contributed by atoms with E-state index in [1.165, 1.54) is 33.2 Å². The largest absolute Gasteiger partial charge is 0.478 e. The van der Waals surface area contributed by atoms with Gasteiger partial charge in [-0.15, -0.1) is 0 Å². The smallest absolute Gasteiger partial charge is 0.337 e. The first kappa shape index (κ1) is 19.5. The highest BCUT2D eigenvalue weighted by Gasteiger charge is 2.25. The first-order chi connectivity index (χ1) is 14.1. The molecule has 29 heavy (non-hydrogen) atoms. The Balaban J connectivity index is 1.53. The number of carbonyl (C=O) groups is 1. The standard InChI is InChI=1S/C23H23N3O2S/c1-26-12-10-16-13-18(29-17-5-3-2-4-6-17)7-8-19(16)22(26)15-25-21-14-24-11-9-20(21)23(27)28/h2-9,11,13-14,22,25H,10,12,15H2,1H3,(H,27,28)/t22-/m1/s1. The maximum Gasteiger partial charge on any atom is 0.337 e. The van der Waals surface area contributed by atoms with E-state index in [2.05, 4.69) is 64.7 Å². The molecule has 5 nitrogen and oxygen atoms in total. The third-order valence-electron chi connectivity index (χ3n) is 5.26. The van der Waals surface area contributed by atoms with E-state index in [1.807, 2.05) is 6.07 Å². The predicted molar refractivity (Wildman–Crippen MR) is 116 cm³/mol. The van der Waals surface area contributed by atoms with Crippen LogP contribution in [-0.4, -0.2) is 41.1 Å². The highest BCUT2D eigenvalue weighted by molar-refractivity contribution is 7.99. The molecule has 2 aromatic carbocycles. The molecule has 0 saturated carbocycles. The SMILES string of the molecule is CN1CCc2cc(Sc3ccccc3)ccc2[C@H]1CNc1cnccc1C(=O)O. The molecular weight excluding hydrogens is 382 g/mol. The fraction of sp³-hybridized carbons (Fsp3) is 0.217. The van der Waals surface area contributed by atoms with Crippen LogP contribution in [0.15, 0.2) is 76.8 Å². The number of anilines is 1. The molecule has 148 valence electrons. The maximum absolute atomic E-state index is 11.4. The number of hydrogen-bond acceptors (Lipinski definition) is 5. The minimum atomic E-state index is -0.949. The second-order valence-electron chi connectivity index (χ2n) is 7.13. The van der Waals surface area contributed by atoms with E-state index in [9.17, 15) is 9.90 Å². The molecule has 2 N–H and O–H groups in total. The van der Waals surface area contributed by atoms with Crippen LogP contribution in [-0.2, 0) is 6.42 Å². The van der Waals surface area contributed by atoms with Crippen molar-refractivity contribution in [1.29, 1.82) is 0 Å². The summed E-state index contributed by atoms with van der Waals surface area (Å²) in [7, 11) is 2.11. The van der Waals surface area contributed by atoms with Gasteiger partial charge in [-0.25, -0.2) is 4.79 Å². The number of pyridine rings is 1. The van der Waals surface area contributed by atoms with Gasteiger partial charge in [0, 0.05) is 29.1 Å². The first-order valence-electron chi connectivity index (χ1n) is 9.59. The quantitative estimate of drug-likeness (QED) is 0.626. The van der Waals surface area contributed by atoms with Gasteiger partial charge >= 0.3 is 5.97 Å². The van der Waals surface area contributed by atoms with Gasteiger partial charge in [0.1, 0.15) is 0 Å². The first-order valence-corrected chi connectivity index (χ1v) is 10.4. The summed E-state index contributed by atoms with van der Waals surface area (Å²) in [4.78, 5) is 20.3. The van der Waals surface area contributed by atoms with Gasteiger partial charge in [0.05, 0.1) is 23.5 Å². The Kier molecular flexibility index (Phi) is 5.83. The highest BCUT2D eigenvalue weighted by Crippen LogP contribution is 2.34. The zero-order chi connectivity index (χ0) is 20.2. The Labute approximate surface area is 174 Å². The average molecular weight is 406 g/mol. The molecule has 0 unspecified atom stereocenters. The zero-order valence-corrected chi connectivity index (χ0v) is 17.0. The van der Waals surface area contributed by atoms with Gasteiger partial charge in [0.15, 0.2) is 0 Å². The van der Waals surface area contributed by atoms with Crippen molar-refractivity contribution in [3.63, 3.8) is 0 Å². The molecule has 1 atom stereocenters. The van der Waals surface area contributed by atoms with E-state index in [4.69, 9.17) is 0 Å².